The first-order valence-corrected chi connectivity index (χ1v) is 13.5. The molecule has 1 heterocycles. The van der Waals surface area contributed by atoms with Gasteiger partial charge in [-0.25, -0.2) is 4.98 Å². The summed E-state index contributed by atoms with van der Waals surface area (Å²) < 4.78 is 10.6. The van der Waals surface area contributed by atoms with Gasteiger partial charge in [-0.15, -0.1) is 23.1 Å². The van der Waals surface area contributed by atoms with Crippen LogP contribution in [-0.4, -0.2) is 36.8 Å². The molecule has 4 aromatic rings. The van der Waals surface area contributed by atoms with Gasteiger partial charge in [-0.1, -0.05) is 29.3 Å². The molecule has 0 aliphatic carbocycles. The summed E-state index contributed by atoms with van der Waals surface area (Å²) in [7, 11) is 3.15. The van der Waals surface area contributed by atoms with Gasteiger partial charge in [0.1, 0.15) is 0 Å². The quantitative estimate of drug-likeness (QED) is 0.207. The monoisotopic (exact) mass is 573 g/mol. The van der Waals surface area contributed by atoms with E-state index in [1.165, 1.54) is 29.2 Å². The fourth-order valence-corrected chi connectivity index (χ4v) is 5.28. The van der Waals surface area contributed by atoms with Crippen molar-refractivity contribution in [2.24, 2.45) is 0 Å². The lowest BCUT2D eigenvalue weighted by atomic mass is 10.1. The molecule has 3 aromatic carbocycles. The van der Waals surface area contributed by atoms with Crippen LogP contribution >= 0.6 is 46.3 Å². The van der Waals surface area contributed by atoms with Gasteiger partial charge in [0.05, 0.1) is 36.3 Å². The SMILES string of the molecule is COc1ccc(-c2csc(NC(=O)CSc3cccc(NC(=O)c4ccc(Cl)cc4Cl)c3)n2)cc1OC. The topological polar surface area (TPSA) is 89.6 Å². The number of hydrogen-bond donors (Lipinski definition) is 2. The van der Waals surface area contributed by atoms with Crippen molar-refractivity contribution < 1.29 is 19.1 Å². The van der Waals surface area contributed by atoms with Crippen molar-refractivity contribution in [2.75, 3.05) is 30.6 Å². The molecule has 190 valence electrons. The van der Waals surface area contributed by atoms with Gasteiger partial charge < -0.3 is 20.1 Å². The Morgan fingerprint density at radius 2 is 1.78 bits per heavy atom. The highest BCUT2D eigenvalue weighted by atomic mass is 35.5. The molecule has 0 aliphatic heterocycles. The zero-order chi connectivity index (χ0) is 26.4. The molecule has 0 atom stereocenters. The summed E-state index contributed by atoms with van der Waals surface area (Å²) >= 11 is 14.7. The molecule has 0 aliphatic rings. The van der Waals surface area contributed by atoms with E-state index < -0.39 is 0 Å². The van der Waals surface area contributed by atoms with Gasteiger partial charge in [0, 0.05) is 26.5 Å². The molecular formula is C26H21Cl2N3O4S2. The Balaban J connectivity index is 1.33. The molecule has 0 spiro atoms. The van der Waals surface area contributed by atoms with E-state index in [0.717, 1.165) is 16.2 Å². The van der Waals surface area contributed by atoms with Crippen molar-refractivity contribution in [3.63, 3.8) is 0 Å². The number of nitrogens with zero attached hydrogens (tertiary/aromatic N) is 1. The smallest absolute Gasteiger partial charge is 0.257 e. The lowest BCUT2D eigenvalue weighted by Gasteiger charge is -2.09. The first kappa shape index (κ1) is 26.8. The van der Waals surface area contributed by atoms with E-state index in [1.807, 2.05) is 29.6 Å². The Bertz CT molecular complexity index is 1450. The number of halogens is 2. The van der Waals surface area contributed by atoms with Gasteiger partial charge in [-0.3, -0.25) is 9.59 Å². The van der Waals surface area contributed by atoms with Crippen LogP contribution in [0.2, 0.25) is 10.0 Å². The minimum Gasteiger partial charge on any atom is -0.493 e. The normalized spacial score (nSPS) is 10.6. The van der Waals surface area contributed by atoms with Crippen LogP contribution in [0.3, 0.4) is 0 Å². The second kappa shape index (κ2) is 12.3. The minimum absolute atomic E-state index is 0.172. The van der Waals surface area contributed by atoms with E-state index in [4.69, 9.17) is 32.7 Å². The Morgan fingerprint density at radius 1 is 0.973 bits per heavy atom. The number of nitrogens with one attached hydrogen (secondary N) is 2. The lowest BCUT2D eigenvalue weighted by Crippen LogP contribution is -2.14. The van der Waals surface area contributed by atoms with Crippen LogP contribution < -0.4 is 20.1 Å². The summed E-state index contributed by atoms with van der Waals surface area (Å²) in [4.78, 5) is 30.4. The number of amides is 2. The largest absolute Gasteiger partial charge is 0.493 e. The lowest BCUT2D eigenvalue weighted by molar-refractivity contribution is -0.113. The van der Waals surface area contributed by atoms with Crippen molar-refractivity contribution >= 4 is 68.9 Å². The molecule has 0 fully saturated rings. The third-order valence-corrected chi connectivity index (χ3v) is 7.37. The number of anilines is 2. The predicted molar refractivity (Wildman–Crippen MR) is 151 cm³/mol. The van der Waals surface area contributed by atoms with E-state index in [1.54, 1.807) is 44.6 Å². The number of thiazole rings is 1. The van der Waals surface area contributed by atoms with Gasteiger partial charge >= 0.3 is 0 Å². The van der Waals surface area contributed by atoms with Crippen molar-refractivity contribution in [1.82, 2.24) is 4.98 Å². The second-order valence-corrected chi connectivity index (χ2v) is 10.3. The van der Waals surface area contributed by atoms with E-state index >= 15 is 0 Å². The number of aromatic nitrogens is 1. The van der Waals surface area contributed by atoms with Crippen molar-refractivity contribution in [1.29, 1.82) is 0 Å². The Kier molecular flexibility index (Phi) is 8.94. The number of thioether (sulfide) groups is 1. The molecule has 2 amide bonds. The van der Waals surface area contributed by atoms with Gasteiger partial charge in [0.2, 0.25) is 5.91 Å². The van der Waals surface area contributed by atoms with Crippen LogP contribution in [0.25, 0.3) is 11.3 Å². The maximum absolute atomic E-state index is 12.6. The molecule has 37 heavy (non-hydrogen) atoms. The molecule has 4 rings (SSSR count). The minimum atomic E-state index is -0.351. The number of methoxy groups -OCH3 is 2. The van der Waals surface area contributed by atoms with Gasteiger partial charge in [0.15, 0.2) is 16.6 Å². The van der Waals surface area contributed by atoms with Crippen molar-refractivity contribution in [3.8, 4) is 22.8 Å². The number of benzene rings is 3. The highest BCUT2D eigenvalue weighted by Gasteiger charge is 2.13. The van der Waals surface area contributed by atoms with Crippen LogP contribution in [0.4, 0.5) is 10.8 Å². The van der Waals surface area contributed by atoms with Crippen LogP contribution in [0, 0.1) is 0 Å². The van der Waals surface area contributed by atoms with Crippen molar-refractivity contribution in [3.05, 3.63) is 81.7 Å². The zero-order valence-corrected chi connectivity index (χ0v) is 22.9. The molecule has 0 unspecified atom stereocenters. The van der Waals surface area contributed by atoms with Gasteiger partial charge in [-0.05, 0) is 54.6 Å². The van der Waals surface area contributed by atoms with E-state index in [2.05, 4.69) is 15.6 Å². The fourth-order valence-electron chi connectivity index (χ4n) is 3.30. The molecule has 0 radical (unpaired) electrons. The molecule has 11 heteroatoms. The highest BCUT2D eigenvalue weighted by Crippen LogP contribution is 2.33. The van der Waals surface area contributed by atoms with E-state index in [-0.39, 0.29) is 22.6 Å². The molecular weight excluding hydrogens is 553 g/mol. The number of hydrogen-bond acceptors (Lipinski definition) is 7. The summed E-state index contributed by atoms with van der Waals surface area (Å²) in [5, 5.41) is 8.72. The van der Waals surface area contributed by atoms with E-state index in [0.29, 0.717) is 32.9 Å². The van der Waals surface area contributed by atoms with Crippen LogP contribution in [-0.2, 0) is 4.79 Å². The summed E-state index contributed by atoms with van der Waals surface area (Å²) in [5.41, 5.74) is 2.47. The second-order valence-electron chi connectivity index (χ2n) is 7.55. The van der Waals surface area contributed by atoms with Crippen LogP contribution in [0.5, 0.6) is 11.5 Å². The molecule has 0 bridgehead atoms. The van der Waals surface area contributed by atoms with Crippen LogP contribution in [0.15, 0.2) is 70.9 Å². The average molecular weight is 575 g/mol. The maximum atomic E-state index is 12.6. The Morgan fingerprint density at radius 3 is 2.54 bits per heavy atom. The molecule has 0 saturated heterocycles. The first-order chi connectivity index (χ1) is 17.9. The molecule has 0 saturated carbocycles. The molecule has 7 nitrogen and oxygen atoms in total. The summed E-state index contributed by atoms with van der Waals surface area (Å²) in [5.74, 6) is 0.858. The third-order valence-electron chi connectivity index (χ3n) is 5.07. The first-order valence-electron chi connectivity index (χ1n) is 10.8. The molecule has 1 aromatic heterocycles. The Hall–Kier alpha value is -3.24. The summed E-state index contributed by atoms with van der Waals surface area (Å²) in [6.45, 7) is 0. The van der Waals surface area contributed by atoms with Gasteiger partial charge in [0.25, 0.3) is 5.91 Å². The molecule has 2 N–H and O–H groups in total. The maximum Gasteiger partial charge on any atom is 0.257 e. The highest BCUT2D eigenvalue weighted by molar-refractivity contribution is 8.00. The predicted octanol–water partition coefficient (Wildman–Crippen LogP) is 7.12. The number of rotatable bonds is 9. The number of ether oxygens (including phenoxy) is 2. The average Bonchev–Trinajstić information content (AvgIpc) is 3.35. The fraction of sp³-hybridized carbons (Fsp3) is 0.115. The van der Waals surface area contributed by atoms with E-state index in [9.17, 15) is 9.59 Å². The number of carbonyl (C=O) groups excluding carboxylic acids is 2. The Labute approximate surface area is 232 Å². The third kappa shape index (κ3) is 6.95. The summed E-state index contributed by atoms with van der Waals surface area (Å²) in [6, 6.07) is 17.4. The summed E-state index contributed by atoms with van der Waals surface area (Å²) in [6.07, 6.45) is 0. The van der Waals surface area contributed by atoms with Crippen LogP contribution in [0.1, 0.15) is 10.4 Å². The van der Waals surface area contributed by atoms with Crippen molar-refractivity contribution in [2.45, 2.75) is 4.90 Å². The number of carbonyl (C=O) groups is 2. The van der Waals surface area contributed by atoms with Gasteiger partial charge in [-0.2, -0.15) is 0 Å². The zero-order valence-electron chi connectivity index (χ0n) is 19.7. The standard InChI is InChI=1S/C26H21Cl2N3O4S2/c1-34-22-9-6-15(10-23(22)35-2)21-13-37-26(30-21)31-24(32)14-36-18-5-3-4-17(12-18)29-25(33)19-8-7-16(27)11-20(19)28/h3-13H,14H2,1-2H3,(H,29,33)(H,30,31,32).